The molecule has 0 radical (unpaired) electrons. The molecule has 0 saturated carbocycles. The first-order valence-electron chi connectivity index (χ1n) is 5.06. The number of guanidine groups is 1. The van der Waals surface area contributed by atoms with Gasteiger partial charge in [-0.1, -0.05) is 0 Å². The van der Waals surface area contributed by atoms with Crippen LogP contribution in [0.3, 0.4) is 0 Å². The van der Waals surface area contributed by atoms with E-state index in [1.165, 1.54) is 0 Å². The summed E-state index contributed by atoms with van der Waals surface area (Å²) in [4.78, 5) is 4.03. The number of aliphatic imine (C=N–C) groups is 1. The summed E-state index contributed by atoms with van der Waals surface area (Å²) in [5.41, 5.74) is 6.53. The van der Waals surface area contributed by atoms with Gasteiger partial charge in [-0.15, -0.1) is 0 Å². The van der Waals surface area contributed by atoms with E-state index in [0.717, 1.165) is 11.4 Å². The molecule has 0 aliphatic rings. The molecule has 0 amide bonds. The molecule has 0 aliphatic carbocycles. The van der Waals surface area contributed by atoms with Crippen molar-refractivity contribution in [2.45, 2.75) is 13.8 Å². The zero-order valence-electron chi connectivity index (χ0n) is 9.16. The van der Waals surface area contributed by atoms with Crippen LogP contribution in [0.25, 0.3) is 0 Å². The van der Waals surface area contributed by atoms with Crippen molar-refractivity contribution in [1.29, 1.82) is 0 Å². The number of nitrogens with zero attached hydrogens (tertiary/aromatic N) is 1. The number of nitrogens with one attached hydrogen (secondary N) is 1. The van der Waals surface area contributed by atoms with Crippen LogP contribution in [-0.4, -0.2) is 19.1 Å². The van der Waals surface area contributed by atoms with Crippen LogP contribution in [0.15, 0.2) is 29.3 Å². The van der Waals surface area contributed by atoms with Crippen molar-refractivity contribution in [3.05, 3.63) is 24.3 Å². The molecule has 1 aromatic carbocycles. The molecule has 4 heteroatoms. The van der Waals surface area contributed by atoms with Crippen LogP contribution in [0, 0.1) is 0 Å². The van der Waals surface area contributed by atoms with Gasteiger partial charge in [-0.25, -0.2) is 0 Å². The van der Waals surface area contributed by atoms with Crippen molar-refractivity contribution in [3.63, 3.8) is 0 Å². The third-order valence-electron chi connectivity index (χ3n) is 1.77. The Labute approximate surface area is 90.2 Å². The molecule has 1 rings (SSSR count). The summed E-state index contributed by atoms with van der Waals surface area (Å²) in [5.74, 6) is 1.29. The van der Waals surface area contributed by atoms with Crippen LogP contribution >= 0.6 is 0 Å². The second-order valence-corrected chi connectivity index (χ2v) is 2.94. The Balaban J connectivity index is 2.60. The molecule has 0 aromatic heterocycles. The van der Waals surface area contributed by atoms with Gasteiger partial charge < -0.3 is 15.8 Å². The highest BCUT2D eigenvalue weighted by atomic mass is 16.5. The molecular formula is C11H17N3O. The molecule has 3 N–H and O–H groups in total. The molecule has 0 fully saturated rings. The van der Waals surface area contributed by atoms with Gasteiger partial charge in [0, 0.05) is 12.2 Å². The lowest BCUT2D eigenvalue weighted by Crippen LogP contribution is -2.22. The SMILES string of the molecule is CCN=C(N)Nc1ccc(OCC)cc1. The van der Waals surface area contributed by atoms with Crippen LogP contribution < -0.4 is 15.8 Å². The third kappa shape index (κ3) is 3.89. The molecule has 4 nitrogen and oxygen atoms in total. The highest BCUT2D eigenvalue weighted by molar-refractivity contribution is 5.92. The maximum Gasteiger partial charge on any atom is 0.193 e. The first-order valence-corrected chi connectivity index (χ1v) is 5.06. The number of benzene rings is 1. The van der Waals surface area contributed by atoms with Crippen molar-refractivity contribution in [3.8, 4) is 5.75 Å². The Morgan fingerprint density at radius 3 is 2.53 bits per heavy atom. The maximum atomic E-state index is 5.62. The van der Waals surface area contributed by atoms with Gasteiger partial charge in [-0.3, -0.25) is 4.99 Å². The second kappa shape index (κ2) is 5.90. The molecule has 0 saturated heterocycles. The van der Waals surface area contributed by atoms with Crippen LogP contribution in [0.2, 0.25) is 0 Å². The minimum Gasteiger partial charge on any atom is -0.494 e. The summed E-state index contributed by atoms with van der Waals surface area (Å²) in [7, 11) is 0. The zero-order chi connectivity index (χ0) is 11.1. The summed E-state index contributed by atoms with van der Waals surface area (Å²) in [6, 6.07) is 7.60. The average Bonchev–Trinajstić information content (AvgIpc) is 2.22. The van der Waals surface area contributed by atoms with E-state index >= 15 is 0 Å². The van der Waals surface area contributed by atoms with Gasteiger partial charge in [0.05, 0.1) is 6.61 Å². The lowest BCUT2D eigenvalue weighted by atomic mass is 10.3. The van der Waals surface area contributed by atoms with E-state index in [9.17, 15) is 0 Å². The highest BCUT2D eigenvalue weighted by Crippen LogP contribution is 2.15. The Hall–Kier alpha value is -1.71. The van der Waals surface area contributed by atoms with Gasteiger partial charge >= 0.3 is 0 Å². The summed E-state index contributed by atoms with van der Waals surface area (Å²) >= 11 is 0. The van der Waals surface area contributed by atoms with E-state index in [1.807, 2.05) is 38.1 Å². The van der Waals surface area contributed by atoms with Crippen molar-refractivity contribution in [2.75, 3.05) is 18.5 Å². The standard InChI is InChI=1S/C11H17N3O/c1-3-13-11(12)14-9-5-7-10(8-6-9)15-4-2/h5-8H,3-4H2,1-2H3,(H3,12,13,14). The molecule has 82 valence electrons. The van der Waals surface area contributed by atoms with Gasteiger partial charge in [-0.2, -0.15) is 0 Å². The third-order valence-corrected chi connectivity index (χ3v) is 1.77. The molecule has 0 spiro atoms. The lowest BCUT2D eigenvalue weighted by molar-refractivity contribution is 0.340. The number of rotatable bonds is 4. The summed E-state index contributed by atoms with van der Waals surface area (Å²) in [6.07, 6.45) is 0. The van der Waals surface area contributed by atoms with Crippen molar-refractivity contribution in [2.24, 2.45) is 10.7 Å². The number of nitrogens with two attached hydrogens (primary N) is 1. The zero-order valence-corrected chi connectivity index (χ0v) is 9.16. The largest absolute Gasteiger partial charge is 0.494 e. The number of anilines is 1. The van der Waals surface area contributed by atoms with E-state index in [1.54, 1.807) is 0 Å². The molecular weight excluding hydrogens is 190 g/mol. The fraction of sp³-hybridized carbons (Fsp3) is 0.364. The van der Waals surface area contributed by atoms with Crippen LogP contribution in [0.4, 0.5) is 5.69 Å². The Morgan fingerprint density at radius 2 is 2.00 bits per heavy atom. The van der Waals surface area contributed by atoms with Crippen molar-refractivity contribution < 1.29 is 4.74 Å². The van der Waals surface area contributed by atoms with E-state index < -0.39 is 0 Å². The minimum absolute atomic E-state index is 0.432. The Kier molecular flexibility index (Phi) is 4.47. The predicted octanol–water partition coefficient (Wildman–Crippen LogP) is 1.83. The molecule has 0 heterocycles. The van der Waals surface area contributed by atoms with Gasteiger partial charge in [0.2, 0.25) is 0 Å². The average molecular weight is 207 g/mol. The Morgan fingerprint density at radius 1 is 1.33 bits per heavy atom. The minimum atomic E-state index is 0.432. The fourth-order valence-corrected chi connectivity index (χ4v) is 1.16. The molecule has 0 unspecified atom stereocenters. The lowest BCUT2D eigenvalue weighted by Gasteiger charge is -2.06. The van der Waals surface area contributed by atoms with Gasteiger partial charge in [0.25, 0.3) is 0 Å². The molecule has 1 aromatic rings. The molecule has 0 bridgehead atoms. The van der Waals surface area contributed by atoms with Gasteiger partial charge in [0.15, 0.2) is 5.96 Å². The molecule has 15 heavy (non-hydrogen) atoms. The monoisotopic (exact) mass is 207 g/mol. The van der Waals surface area contributed by atoms with E-state index in [-0.39, 0.29) is 0 Å². The van der Waals surface area contributed by atoms with Crippen LogP contribution in [0.5, 0.6) is 5.75 Å². The summed E-state index contributed by atoms with van der Waals surface area (Å²) in [6.45, 7) is 5.24. The molecule has 0 atom stereocenters. The molecule has 0 aliphatic heterocycles. The van der Waals surface area contributed by atoms with E-state index in [0.29, 0.717) is 19.1 Å². The summed E-state index contributed by atoms with van der Waals surface area (Å²) in [5, 5.41) is 2.98. The fourth-order valence-electron chi connectivity index (χ4n) is 1.16. The number of hydrogen-bond acceptors (Lipinski definition) is 2. The first-order chi connectivity index (χ1) is 7.26. The van der Waals surface area contributed by atoms with Gasteiger partial charge in [-0.05, 0) is 38.1 Å². The quantitative estimate of drug-likeness (QED) is 0.585. The second-order valence-electron chi connectivity index (χ2n) is 2.94. The van der Waals surface area contributed by atoms with Crippen LogP contribution in [0.1, 0.15) is 13.8 Å². The van der Waals surface area contributed by atoms with Crippen molar-refractivity contribution in [1.82, 2.24) is 0 Å². The summed E-state index contributed by atoms with van der Waals surface area (Å²) < 4.78 is 5.32. The smallest absolute Gasteiger partial charge is 0.193 e. The number of hydrogen-bond donors (Lipinski definition) is 2. The van der Waals surface area contributed by atoms with E-state index in [2.05, 4.69) is 10.3 Å². The van der Waals surface area contributed by atoms with Gasteiger partial charge in [0.1, 0.15) is 5.75 Å². The first kappa shape index (κ1) is 11.4. The predicted molar refractivity (Wildman–Crippen MR) is 63.4 cm³/mol. The van der Waals surface area contributed by atoms with E-state index in [4.69, 9.17) is 10.5 Å². The van der Waals surface area contributed by atoms with Crippen LogP contribution in [-0.2, 0) is 0 Å². The normalized spacial score (nSPS) is 11.2. The highest BCUT2D eigenvalue weighted by Gasteiger charge is 1.95. The van der Waals surface area contributed by atoms with Crippen molar-refractivity contribution >= 4 is 11.6 Å². The Bertz CT molecular complexity index is 319. The topological polar surface area (TPSA) is 59.6 Å². The number of ether oxygens (including phenoxy) is 1. The maximum absolute atomic E-state index is 5.62.